The molecule has 1 rings (SSSR count). The average molecular weight is 246 g/mol. The highest BCUT2D eigenvalue weighted by molar-refractivity contribution is 5.68. The topological polar surface area (TPSA) is 55.6 Å². The van der Waals surface area contributed by atoms with Crippen LogP contribution in [0.1, 0.15) is 34.6 Å². The van der Waals surface area contributed by atoms with Gasteiger partial charge in [0.15, 0.2) is 0 Å². The van der Waals surface area contributed by atoms with Gasteiger partial charge < -0.3 is 15.4 Å². The van der Waals surface area contributed by atoms with Gasteiger partial charge in [0.25, 0.3) is 0 Å². The Labute approximate surface area is 102 Å². The molecule has 17 heavy (non-hydrogen) atoms. The minimum atomic E-state index is -1.20. The predicted molar refractivity (Wildman–Crippen MR) is 64.5 cm³/mol. The summed E-state index contributed by atoms with van der Waals surface area (Å²) < 4.78 is 19.0. The first-order valence-electron chi connectivity index (χ1n) is 5.90. The van der Waals surface area contributed by atoms with E-state index in [0.29, 0.717) is 6.54 Å². The maximum atomic E-state index is 13.7. The van der Waals surface area contributed by atoms with Gasteiger partial charge in [0.2, 0.25) is 0 Å². The van der Waals surface area contributed by atoms with Crippen LogP contribution in [0, 0.1) is 5.41 Å². The van der Waals surface area contributed by atoms with E-state index in [-0.39, 0.29) is 6.54 Å². The third-order valence-corrected chi connectivity index (χ3v) is 2.94. The number of hydrogen-bond donors (Lipinski definition) is 1. The zero-order chi connectivity index (χ0) is 13.4. The molecule has 4 nitrogen and oxygen atoms in total. The van der Waals surface area contributed by atoms with Gasteiger partial charge in [0.05, 0.1) is 6.54 Å². The summed E-state index contributed by atoms with van der Waals surface area (Å²) in [7, 11) is 0. The van der Waals surface area contributed by atoms with Crippen molar-refractivity contribution < 1.29 is 13.9 Å². The van der Waals surface area contributed by atoms with E-state index in [0.717, 1.165) is 0 Å². The van der Waals surface area contributed by atoms with E-state index in [9.17, 15) is 9.18 Å². The lowest BCUT2D eigenvalue weighted by atomic mass is 9.79. The Morgan fingerprint density at radius 2 is 2.00 bits per heavy atom. The lowest BCUT2D eigenvalue weighted by Crippen LogP contribution is -2.60. The monoisotopic (exact) mass is 246 g/mol. The molecular weight excluding hydrogens is 223 g/mol. The van der Waals surface area contributed by atoms with E-state index in [2.05, 4.69) is 0 Å². The van der Waals surface area contributed by atoms with Crippen LogP contribution in [0.3, 0.4) is 0 Å². The van der Waals surface area contributed by atoms with Crippen molar-refractivity contribution in [2.24, 2.45) is 11.1 Å². The van der Waals surface area contributed by atoms with Crippen LogP contribution in [-0.4, -0.2) is 41.9 Å². The average Bonchev–Trinajstić information content (AvgIpc) is 2.10. The molecule has 0 saturated carbocycles. The quantitative estimate of drug-likeness (QED) is 0.710. The molecule has 0 aromatic rings. The maximum Gasteiger partial charge on any atom is 0.410 e. The Morgan fingerprint density at radius 1 is 1.47 bits per heavy atom. The maximum absolute atomic E-state index is 13.7. The summed E-state index contributed by atoms with van der Waals surface area (Å²) in [6.07, 6.45) is -1.67. The van der Waals surface area contributed by atoms with Crippen LogP contribution in [0.2, 0.25) is 0 Å². The van der Waals surface area contributed by atoms with Crippen molar-refractivity contribution in [3.63, 3.8) is 0 Å². The molecular formula is C12H23FN2O2. The highest BCUT2D eigenvalue weighted by Crippen LogP contribution is 2.30. The molecule has 2 atom stereocenters. The van der Waals surface area contributed by atoms with Crippen molar-refractivity contribution in [3.8, 4) is 0 Å². The summed E-state index contributed by atoms with van der Waals surface area (Å²) in [5, 5.41) is 0. The molecule has 1 aliphatic rings. The molecule has 100 valence electrons. The lowest BCUT2D eigenvalue weighted by molar-refractivity contribution is -0.0135. The van der Waals surface area contributed by atoms with Crippen molar-refractivity contribution in [2.45, 2.75) is 52.4 Å². The number of ether oxygens (including phenoxy) is 1. The number of nitrogens with zero attached hydrogens (tertiary/aromatic N) is 1. The number of carbonyl (C=O) groups excluding carboxylic acids is 1. The van der Waals surface area contributed by atoms with E-state index in [1.165, 1.54) is 4.90 Å². The van der Waals surface area contributed by atoms with Gasteiger partial charge in [-0.2, -0.15) is 0 Å². The zero-order valence-electron chi connectivity index (χ0n) is 11.3. The van der Waals surface area contributed by atoms with E-state index in [4.69, 9.17) is 10.5 Å². The molecule has 0 aromatic carbocycles. The van der Waals surface area contributed by atoms with Crippen molar-refractivity contribution in [1.29, 1.82) is 0 Å². The van der Waals surface area contributed by atoms with Crippen molar-refractivity contribution in [1.82, 2.24) is 4.90 Å². The molecule has 0 aromatic heterocycles. The summed E-state index contributed by atoms with van der Waals surface area (Å²) >= 11 is 0. The summed E-state index contributed by atoms with van der Waals surface area (Å²) in [6, 6.07) is -0.541. The largest absolute Gasteiger partial charge is 0.444 e. The molecule has 1 fully saturated rings. The molecule has 5 heteroatoms. The molecule has 2 N–H and O–H groups in total. The van der Waals surface area contributed by atoms with Gasteiger partial charge in [0.1, 0.15) is 11.8 Å². The van der Waals surface area contributed by atoms with Gasteiger partial charge in [-0.15, -0.1) is 0 Å². The smallest absolute Gasteiger partial charge is 0.410 e. The molecule has 0 radical (unpaired) electrons. The van der Waals surface area contributed by atoms with Crippen LogP contribution in [-0.2, 0) is 4.74 Å². The molecule has 0 bridgehead atoms. The van der Waals surface area contributed by atoms with Crippen LogP contribution in [0.15, 0.2) is 0 Å². The number of rotatable bonds is 0. The predicted octanol–water partition coefficient (Wildman–Crippen LogP) is 1.93. The minimum absolute atomic E-state index is 0.0134. The normalized spacial score (nSPS) is 29.0. The van der Waals surface area contributed by atoms with E-state index in [1.807, 2.05) is 13.8 Å². The van der Waals surface area contributed by atoms with Crippen molar-refractivity contribution in [2.75, 3.05) is 13.1 Å². The Hall–Kier alpha value is -0.840. The SMILES string of the molecule is CC(C)(C)OC(=O)N1CC(F)C(N)C(C)(C)C1. The third-order valence-electron chi connectivity index (χ3n) is 2.94. The molecule has 1 amide bonds. The van der Waals surface area contributed by atoms with E-state index >= 15 is 0 Å². The third kappa shape index (κ3) is 3.56. The first-order valence-corrected chi connectivity index (χ1v) is 5.90. The van der Waals surface area contributed by atoms with Crippen LogP contribution in [0.4, 0.5) is 9.18 Å². The first-order chi connectivity index (χ1) is 7.53. The number of likely N-dealkylation sites (tertiary alicyclic amines) is 1. The summed E-state index contributed by atoms with van der Waals surface area (Å²) in [5.41, 5.74) is 4.79. The molecule has 1 aliphatic heterocycles. The second-order valence-electron chi connectivity index (χ2n) is 6.39. The molecule has 0 spiro atoms. The first kappa shape index (κ1) is 14.2. The van der Waals surface area contributed by atoms with Crippen molar-refractivity contribution in [3.05, 3.63) is 0 Å². The number of carbonyl (C=O) groups is 1. The van der Waals surface area contributed by atoms with Crippen LogP contribution in [0.25, 0.3) is 0 Å². The number of halogens is 1. The summed E-state index contributed by atoms with van der Waals surface area (Å²) in [6.45, 7) is 9.53. The second kappa shape index (κ2) is 4.44. The molecule has 2 unspecified atom stereocenters. The van der Waals surface area contributed by atoms with Gasteiger partial charge in [-0.1, -0.05) is 13.8 Å². The van der Waals surface area contributed by atoms with E-state index < -0.39 is 29.3 Å². The standard InChI is InChI=1S/C12H23FN2O2/c1-11(2,3)17-10(16)15-6-8(13)9(14)12(4,5)7-15/h8-9H,6-7,14H2,1-5H3. The van der Waals surface area contributed by atoms with Crippen LogP contribution < -0.4 is 5.73 Å². The lowest BCUT2D eigenvalue weighted by Gasteiger charge is -2.44. The summed E-state index contributed by atoms with van der Waals surface area (Å²) in [5.74, 6) is 0. The summed E-state index contributed by atoms with van der Waals surface area (Å²) in [4.78, 5) is 13.3. The Bertz CT molecular complexity index is 299. The fraction of sp³-hybridized carbons (Fsp3) is 0.917. The molecule has 1 saturated heterocycles. The number of nitrogens with two attached hydrogens (primary N) is 1. The highest BCUT2D eigenvalue weighted by atomic mass is 19.1. The Morgan fingerprint density at radius 3 is 2.41 bits per heavy atom. The number of piperidine rings is 1. The number of hydrogen-bond acceptors (Lipinski definition) is 3. The van der Waals surface area contributed by atoms with Gasteiger partial charge in [-0.3, -0.25) is 0 Å². The number of amides is 1. The second-order valence-corrected chi connectivity index (χ2v) is 6.39. The van der Waals surface area contributed by atoms with Gasteiger partial charge in [0, 0.05) is 18.0 Å². The molecule has 0 aliphatic carbocycles. The fourth-order valence-corrected chi connectivity index (χ4v) is 1.94. The van der Waals surface area contributed by atoms with Gasteiger partial charge >= 0.3 is 6.09 Å². The fourth-order valence-electron chi connectivity index (χ4n) is 1.94. The Balaban J connectivity index is 2.71. The van der Waals surface area contributed by atoms with Crippen LogP contribution in [0.5, 0.6) is 0 Å². The number of alkyl halides is 1. The highest BCUT2D eigenvalue weighted by Gasteiger charge is 2.42. The Kier molecular flexibility index (Phi) is 3.72. The molecule has 1 heterocycles. The van der Waals surface area contributed by atoms with Crippen LogP contribution >= 0.6 is 0 Å². The van der Waals surface area contributed by atoms with Gasteiger partial charge in [-0.05, 0) is 20.8 Å². The van der Waals surface area contributed by atoms with E-state index in [1.54, 1.807) is 20.8 Å². The zero-order valence-corrected chi connectivity index (χ0v) is 11.3. The minimum Gasteiger partial charge on any atom is -0.444 e. The van der Waals surface area contributed by atoms with Gasteiger partial charge in [-0.25, -0.2) is 9.18 Å². The van der Waals surface area contributed by atoms with Crippen molar-refractivity contribution >= 4 is 6.09 Å².